The van der Waals surface area contributed by atoms with E-state index < -0.39 is 0 Å². The molecule has 0 radical (unpaired) electrons. The highest BCUT2D eigenvalue weighted by atomic mass is 16.5. The molecule has 5 heteroatoms. The maximum absolute atomic E-state index is 12.2. The molecule has 1 N–H and O–H groups in total. The van der Waals surface area contributed by atoms with E-state index in [1.807, 2.05) is 30.3 Å². The maximum atomic E-state index is 12.2. The van der Waals surface area contributed by atoms with Crippen LogP contribution < -0.4 is 14.8 Å². The standard InChI is InChI=1S/C20H18N2O3/c1-24-16-9-10-17(18(13-16)25-2)22-19(23)11-8-15-6-3-5-14-7-4-12-21-20(14)15/h3-13H,1-2H3,(H,22,23)/b11-8+. The first kappa shape index (κ1) is 16.5. The van der Waals surface area contributed by atoms with Gasteiger partial charge in [0.2, 0.25) is 5.91 Å². The molecule has 0 unspecified atom stereocenters. The molecular formula is C20H18N2O3. The third kappa shape index (κ3) is 3.77. The fourth-order valence-corrected chi connectivity index (χ4v) is 2.50. The van der Waals surface area contributed by atoms with E-state index in [-0.39, 0.29) is 5.91 Å². The number of nitrogens with zero attached hydrogens (tertiary/aromatic N) is 1. The van der Waals surface area contributed by atoms with Gasteiger partial charge in [0.1, 0.15) is 11.5 Å². The third-order valence-corrected chi connectivity index (χ3v) is 3.74. The number of nitrogens with one attached hydrogen (secondary N) is 1. The monoisotopic (exact) mass is 334 g/mol. The Labute approximate surface area is 145 Å². The number of amides is 1. The van der Waals surface area contributed by atoms with Crippen molar-refractivity contribution in [2.45, 2.75) is 0 Å². The van der Waals surface area contributed by atoms with Gasteiger partial charge in [-0.2, -0.15) is 0 Å². The Balaban J connectivity index is 1.79. The lowest BCUT2D eigenvalue weighted by Crippen LogP contribution is -2.09. The largest absolute Gasteiger partial charge is 0.497 e. The van der Waals surface area contributed by atoms with E-state index in [0.717, 1.165) is 16.5 Å². The van der Waals surface area contributed by atoms with Gasteiger partial charge in [-0.3, -0.25) is 9.78 Å². The van der Waals surface area contributed by atoms with Gasteiger partial charge < -0.3 is 14.8 Å². The van der Waals surface area contributed by atoms with Crippen LogP contribution >= 0.6 is 0 Å². The van der Waals surface area contributed by atoms with Crippen molar-refractivity contribution >= 4 is 28.6 Å². The van der Waals surface area contributed by atoms with Crippen LogP contribution in [0.5, 0.6) is 11.5 Å². The van der Waals surface area contributed by atoms with E-state index in [2.05, 4.69) is 10.3 Å². The van der Waals surface area contributed by atoms with Crippen LogP contribution in [0.25, 0.3) is 17.0 Å². The quantitative estimate of drug-likeness (QED) is 0.719. The molecule has 1 aromatic heterocycles. The van der Waals surface area contributed by atoms with Crippen molar-refractivity contribution in [2.24, 2.45) is 0 Å². The van der Waals surface area contributed by atoms with Crippen LogP contribution in [0, 0.1) is 0 Å². The van der Waals surface area contributed by atoms with Crippen LogP contribution in [0.15, 0.2) is 60.8 Å². The molecule has 3 rings (SSSR count). The maximum Gasteiger partial charge on any atom is 0.248 e. The Morgan fingerprint density at radius 1 is 1.08 bits per heavy atom. The zero-order chi connectivity index (χ0) is 17.6. The average Bonchev–Trinajstić information content (AvgIpc) is 2.66. The molecular weight excluding hydrogens is 316 g/mol. The predicted octanol–water partition coefficient (Wildman–Crippen LogP) is 3.90. The molecule has 1 amide bonds. The van der Waals surface area contributed by atoms with Gasteiger partial charge in [-0.1, -0.05) is 24.3 Å². The SMILES string of the molecule is COc1ccc(NC(=O)/C=C/c2cccc3cccnc23)c(OC)c1. The summed E-state index contributed by atoms with van der Waals surface area (Å²) in [6.45, 7) is 0. The smallest absolute Gasteiger partial charge is 0.248 e. The first-order chi connectivity index (χ1) is 12.2. The lowest BCUT2D eigenvalue weighted by molar-refractivity contribution is -0.111. The summed E-state index contributed by atoms with van der Waals surface area (Å²) in [5.74, 6) is 0.941. The van der Waals surface area contributed by atoms with E-state index in [0.29, 0.717) is 17.2 Å². The molecule has 0 aliphatic carbocycles. The van der Waals surface area contributed by atoms with Crippen LogP contribution in [-0.2, 0) is 4.79 Å². The van der Waals surface area contributed by atoms with Gasteiger partial charge in [0.25, 0.3) is 0 Å². The minimum atomic E-state index is -0.253. The predicted molar refractivity (Wildman–Crippen MR) is 99.0 cm³/mol. The summed E-state index contributed by atoms with van der Waals surface area (Å²) in [5.41, 5.74) is 2.32. The van der Waals surface area contributed by atoms with Crippen LogP contribution in [0.1, 0.15) is 5.56 Å². The van der Waals surface area contributed by atoms with Gasteiger partial charge in [0.05, 0.1) is 25.4 Å². The van der Waals surface area contributed by atoms with Crippen molar-refractivity contribution in [3.8, 4) is 11.5 Å². The van der Waals surface area contributed by atoms with Crippen molar-refractivity contribution in [1.82, 2.24) is 4.98 Å². The number of carbonyl (C=O) groups is 1. The summed E-state index contributed by atoms with van der Waals surface area (Å²) < 4.78 is 10.4. The van der Waals surface area contributed by atoms with E-state index in [1.54, 1.807) is 44.7 Å². The molecule has 0 aliphatic rings. The number of methoxy groups -OCH3 is 2. The highest BCUT2D eigenvalue weighted by Gasteiger charge is 2.07. The average molecular weight is 334 g/mol. The molecule has 0 saturated heterocycles. The van der Waals surface area contributed by atoms with Crippen molar-refractivity contribution in [3.05, 3.63) is 66.4 Å². The molecule has 25 heavy (non-hydrogen) atoms. The molecule has 3 aromatic rings. The molecule has 0 fully saturated rings. The number of anilines is 1. The molecule has 0 aliphatic heterocycles. The number of aromatic nitrogens is 1. The topological polar surface area (TPSA) is 60.5 Å². The van der Waals surface area contributed by atoms with Crippen molar-refractivity contribution < 1.29 is 14.3 Å². The highest BCUT2D eigenvalue weighted by molar-refractivity contribution is 6.04. The summed E-state index contributed by atoms with van der Waals surface area (Å²) in [5, 5.41) is 3.83. The number of hydrogen-bond donors (Lipinski definition) is 1. The fraction of sp³-hybridized carbons (Fsp3) is 0.100. The van der Waals surface area contributed by atoms with Gasteiger partial charge in [0.15, 0.2) is 0 Å². The van der Waals surface area contributed by atoms with Crippen molar-refractivity contribution in [2.75, 3.05) is 19.5 Å². The van der Waals surface area contributed by atoms with E-state index in [4.69, 9.17) is 9.47 Å². The molecule has 0 spiro atoms. The molecule has 5 nitrogen and oxygen atoms in total. The summed E-state index contributed by atoms with van der Waals surface area (Å²) >= 11 is 0. The van der Waals surface area contributed by atoms with Gasteiger partial charge in [-0.05, 0) is 24.3 Å². The van der Waals surface area contributed by atoms with Gasteiger partial charge >= 0.3 is 0 Å². The van der Waals surface area contributed by atoms with Gasteiger partial charge in [-0.25, -0.2) is 0 Å². The van der Waals surface area contributed by atoms with E-state index in [9.17, 15) is 4.79 Å². The van der Waals surface area contributed by atoms with E-state index in [1.165, 1.54) is 6.08 Å². The molecule has 0 atom stereocenters. The second-order valence-corrected chi connectivity index (χ2v) is 5.31. The summed E-state index contributed by atoms with van der Waals surface area (Å²) in [6, 6.07) is 14.9. The number of hydrogen-bond acceptors (Lipinski definition) is 4. The minimum Gasteiger partial charge on any atom is -0.497 e. The zero-order valence-corrected chi connectivity index (χ0v) is 14.0. The number of ether oxygens (including phenoxy) is 2. The molecule has 0 saturated carbocycles. The number of pyridine rings is 1. The number of rotatable bonds is 5. The minimum absolute atomic E-state index is 0.253. The van der Waals surface area contributed by atoms with Crippen molar-refractivity contribution in [3.63, 3.8) is 0 Å². The van der Waals surface area contributed by atoms with Crippen LogP contribution in [0.3, 0.4) is 0 Å². The normalized spacial score (nSPS) is 10.8. The molecule has 2 aromatic carbocycles. The van der Waals surface area contributed by atoms with Crippen molar-refractivity contribution in [1.29, 1.82) is 0 Å². The lowest BCUT2D eigenvalue weighted by Gasteiger charge is -2.10. The van der Waals surface area contributed by atoms with Gasteiger partial charge in [0, 0.05) is 29.3 Å². The zero-order valence-electron chi connectivity index (χ0n) is 14.0. The Kier molecular flexibility index (Phi) is 4.95. The second-order valence-electron chi connectivity index (χ2n) is 5.31. The molecule has 0 bridgehead atoms. The van der Waals surface area contributed by atoms with Gasteiger partial charge in [-0.15, -0.1) is 0 Å². The summed E-state index contributed by atoms with van der Waals surface area (Å²) in [6.07, 6.45) is 4.97. The summed E-state index contributed by atoms with van der Waals surface area (Å²) in [4.78, 5) is 16.6. The first-order valence-corrected chi connectivity index (χ1v) is 7.76. The van der Waals surface area contributed by atoms with Crippen LogP contribution in [0.2, 0.25) is 0 Å². The fourth-order valence-electron chi connectivity index (χ4n) is 2.50. The molecule has 1 heterocycles. The highest BCUT2D eigenvalue weighted by Crippen LogP contribution is 2.29. The number of para-hydroxylation sites is 1. The summed E-state index contributed by atoms with van der Waals surface area (Å²) in [7, 11) is 3.12. The Morgan fingerprint density at radius 2 is 1.92 bits per heavy atom. The first-order valence-electron chi connectivity index (χ1n) is 7.76. The molecule has 126 valence electrons. The Bertz CT molecular complexity index is 930. The number of benzene rings is 2. The lowest BCUT2D eigenvalue weighted by atomic mass is 10.1. The Morgan fingerprint density at radius 3 is 2.72 bits per heavy atom. The van der Waals surface area contributed by atoms with E-state index >= 15 is 0 Å². The van der Waals surface area contributed by atoms with Crippen LogP contribution in [-0.4, -0.2) is 25.1 Å². The number of carbonyl (C=O) groups excluding carboxylic acids is 1. The third-order valence-electron chi connectivity index (χ3n) is 3.74. The second kappa shape index (κ2) is 7.49. The Hall–Kier alpha value is -3.34. The van der Waals surface area contributed by atoms with Crippen LogP contribution in [0.4, 0.5) is 5.69 Å². The number of fused-ring (bicyclic) bond motifs is 1.